The van der Waals surface area contributed by atoms with Crippen LogP contribution in [0.4, 0.5) is 11.4 Å². The fourth-order valence-electron chi connectivity index (χ4n) is 12.1. The largest absolute Gasteiger partial charge is 0.507 e. The van der Waals surface area contributed by atoms with Gasteiger partial charge in [0.05, 0.1) is 72.8 Å². The Morgan fingerprint density at radius 2 is 1.16 bits per heavy atom. The number of allylic oxidation sites excluding steroid dienone is 1. The Balaban J connectivity index is 1.17. The molecule has 0 spiro atoms. The lowest BCUT2D eigenvalue weighted by Crippen LogP contribution is -2.33. The molecule has 0 amide bonds. The van der Waals surface area contributed by atoms with Crippen LogP contribution >= 0.6 is 0 Å². The fraction of sp³-hybridized carbons (Fsp3) is 0.590. The van der Waals surface area contributed by atoms with E-state index in [1.54, 1.807) is 13.2 Å². The van der Waals surface area contributed by atoms with E-state index in [1.807, 2.05) is 61.5 Å². The number of hydrogen-bond acceptors (Lipinski definition) is 16. The molecule has 0 saturated heterocycles. The van der Waals surface area contributed by atoms with E-state index in [1.165, 1.54) is 34.3 Å². The molecule has 16 nitrogen and oxygen atoms in total. The van der Waals surface area contributed by atoms with Gasteiger partial charge in [0.15, 0.2) is 5.75 Å². The van der Waals surface area contributed by atoms with Gasteiger partial charge in [0.1, 0.15) is 35.2 Å². The van der Waals surface area contributed by atoms with Crippen LogP contribution in [-0.4, -0.2) is 106 Å². The molecule has 0 aromatic heterocycles. The third-order valence-corrected chi connectivity index (χ3v) is 16.5. The lowest BCUT2D eigenvalue weighted by atomic mass is 9.80. The van der Waals surface area contributed by atoms with Crippen molar-refractivity contribution in [3.8, 4) is 23.0 Å². The van der Waals surface area contributed by atoms with E-state index < -0.39 is 28.0 Å². The Kier molecular flexibility index (Phi) is 16.9. The molecular formula is C61H80N2O14. The first-order valence-corrected chi connectivity index (χ1v) is 27.5. The monoisotopic (exact) mass is 1060 g/mol. The van der Waals surface area contributed by atoms with Gasteiger partial charge in [0.2, 0.25) is 10.9 Å². The molecule has 8 rings (SSSR count). The quantitative estimate of drug-likeness (QED) is 0.0316. The van der Waals surface area contributed by atoms with Gasteiger partial charge in [-0.25, -0.2) is 0 Å². The number of rotatable bonds is 23. The number of fused-ring (bicyclic) bond motifs is 1. The molecule has 0 heterocycles. The molecule has 77 heavy (non-hydrogen) atoms. The number of anilines is 2. The number of carbonyl (C=O) groups excluding carboxylic acids is 3. The zero-order valence-corrected chi connectivity index (χ0v) is 47.5. The molecule has 5 aromatic carbocycles. The number of ether oxygens (including phenoxy) is 8. The summed E-state index contributed by atoms with van der Waals surface area (Å²) in [6, 6.07) is 2.87. The number of hydrogen-bond donors (Lipinski definition) is 3. The molecule has 0 bridgehead atoms. The zero-order valence-electron chi connectivity index (χ0n) is 47.5. The topological polar surface area (TPSA) is 203 Å². The number of aromatic hydroxyl groups is 1. The van der Waals surface area contributed by atoms with Crippen LogP contribution in [0.2, 0.25) is 0 Å². The van der Waals surface area contributed by atoms with Gasteiger partial charge in [0.25, 0.3) is 0 Å². The lowest BCUT2D eigenvalue weighted by Gasteiger charge is -2.31. The van der Waals surface area contributed by atoms with E-state index in [2.05, 4.69) is 10.6 Å². The summed E-state index contributed by atoms with van der Waals surface area (Å²) in [5.41, 5.74) is 0.0450. The molecule has 1 unspecified atom stereocenters. The number of carbonyl (C=O) groups is 3. The molecule has 418 valence electrons. The van der Waals surface area contributed by atoms with Crippen LogP contribution in [0.3, 0.4) is 0 Å². The molecule has 3 aliphatic rings. The van der Waals surface area contributed by atoms with Crippen molar-refractivity contribution >= 4 is 78.3 Å². The van der Waals surface area contributed by atoms with Gasteiger partial charge in [-0.05, 0) is 138 Å². The van der Waals surface area contributed by atoms with Crippen molar-refractivity contribution in [1.82, 2.24) is 0 Å². The van der Waals surface area contributed by atoms with Gasteiger partial charge >= 0.3 is 11.9 Å². The van der Waals surface area contributed by atoms with Gasteiger partial charge in [-0.1, -0.05) is 11.6 Å². The molecule has 3 aliphatic carbocycles. The Labute approximate surface area is 451 Å². The van der Waals surface area contributed by atoms with E-state index in [0.717, 1.165) is 0 Å². The van der Waals surface area contributed by atoms with Crippen molar-refractivity contribution in [2.75, 3.05) is 52.3 Å². The SMILES string of the molecule is CCOC(C)(C)CCC(=O)OC1CCC(Nc2cc(OC)c3c4c(OC)cc(O)c5c(=O)c(NC6CCC(OC(=O)CCC(C)(C)OCCC(C)(C)OC)CC6)c6c(c7c(c(OC)c(=O)c2c37)C(C(C)=O)C(C)=C6)c54)CC1. The molecule has 16 heteroatoms. The number of phenols is 1. The summed E-state index contributed by atoms with van der Waals surface area (Å²) >= 11 is 0. The van der Waals surface area contributed by atoms with Crippen LogP contribution in [0, 0.1) is 0 Å². The van der Waals surface area contributed by atoms with Crippen LogP contribution in [0.1, 0.15) is 163 Å². The summed E-state index contributed by atoms with van der Waals surface area (Å²) in [5.74, 6) is -1.40. The van der Waals surface area contributed by atoms with Crippen LogP contribution in [0.15, 0.2) is 27.3 Å². The van der Waals surface area contributed by atoms with Crippen molar-refractivity contribution < 1.29 is 57.4 Å². The maximum Gasteiger partial charge on any atom is 0.306 e. The number of methoxy groups -OCH3 is 4. The molecule has 2 fully saturated rings. The average Bonchev–Trinajstić information content (AvgIpc) is 3.57. The van der Waals surface area contributed by atoms with E-state index in [-0.39, 0.29) is 88.8 Å². The van der Waals surface area contributed by atoms with Gasteiger partial charge in [-0.2, -0.15) is 0 Å². The second-order valence-corrected chi connectivity index (χ2v) is 23.3. The smallest absolute Gasteiger partial charge is 0.306 e. The predicted octanol–water partition coefficient (Wildman–Crippen LogP) is 11.2. The third kappa shape index (κ3) is 11.6. The predicted molar refractivity (Wildman–Crippen MR) is 301 cm³/mol. The van der Waals surface area contributed by atoms with Gasteiger partial charge in [0, 0.05) is 88.8 Å². The summed E-state index contributed by atoms with van der Waals surface area (Å²) in [4.78, 5) is 71.1. The number of esters is 2. The molecule has 2 saturated carbocycles. The number of benzene rings is 5. The first kappa shape index (κ1) is 57.2. The standard InChI is InChI=1S/C61H80N2O14/c1-14-74-60(6,7)25-23-43(66)76-36-19-15-34(16-20-36)62-39-30-41(70-10)49-50-42(71-11)31-40(65)48-51(50)46-38(29-32(2)45(33(3)64)54-52(46)53(49)47(39)57(69)58(54)72-12)55(56(48)68)63-35-17-21-37(22-18-35)77-44(67)24-26-61(8,9)75-28-27-59(4,5)73-13/h29-31,34-37,45,62-63,65H,14-28H2,1-13H3. The summed E-state index contributed by atoms with van der Waals surface area (Å²) in [6.45, 7) is 18.2. The molecule has 5 aromatic rings. The minimum atomic E-state index is -0.952. The van der Waals surface area contributed by atoms with Crippen LogP contribution in [0.25, 0.3) is 49.2 Å². The highest BCUT2D eigenvalue weighted by molar-refractivity contribution is 6.40. The average molecular weight is 1070 g/mol. The van der Waals surface area contributed by atoms with E-state index in [9.17, 15) is 19.5 Å². The second-order valence-electron chi connectivity index (χ2n) is 23.3. The zero-order chi connectivity index (χ0) is 55.9. The van der Waals surface area contributed by atoms with Crippen molar-refractivity contribution in [2.24, 2.45) is 0 Å². The van der Waals surface area contributed by atoms with Gasteiger partial charge < -0.3 is 53.6 Å². The second kappa shape index (κ2) is 22.8. The minimum absolute atomic E-state index is 0.00453. The van der Waals surface area contributed by atoms with Crippen molar-refractivity contribution in [2.45, 2.75) is 193 Å². The van der Waals surface area contributed by atoms with E-state index in [0.29, 0.717) is 150 Å². The first-order valence-electron chi connectivity index (χ1n) is 27.5. The van der Waals surface area contributed by atoms with Crippen LogP contribution < -0.4 is 35.7 Å². The Bertz CT molecular complexity index is 3180. The maximum absolute atomic E-state index is 15.4. The highest BCUT2D eigenvalue weighted by Crippen LogP contribution is 2.56. The number of Topliss-reactive ketones (excluding diaryl/α,β-unsaturated/α-hetero) is 1. The Hall–Kier alpha value is -5.97. The Morgan fingerprint density at radius 3 is 1.68 bits per heavy atom. The highest BCUT2D eigenvalue weighted by Gasteiger charge is 2.39. The van der Waals surface area contributed by atoms with Gasteiger partial charge in [-0.3, -0.25) is 24.0 Å². The van der Waals surface area contributed by atoms with Crippen LogP contribution in [0.5, 0.6) is 23.0 Å². The summed E-state index contributed by atoms with van der Waals surface area (Å²) in [5, 5.41) is 22.5. The maximum atomic E-state index is 15.4. The van der Waals surface area contributed by atoms with Gasteiger partial charge in [-0.15, -0.1) is 0 Å². The summed E-state index contributed by atoms with van der Waals surface area (Å²) in [6.07, 6.45) is 8.31. The Morgan fingerprint density at radius 1 is 0.623 bits per heavy atom. The van der Waals surface area contributed by atoms with E-state index >= 15 is 9.59 Å². The van der Waals surface area contributed by atoms with Crippen molar-refractivity contribution in [3.63, 3.8) is 0 Å². The van der Waals surface area contributed by atoms with Crippen LogP contribution in [-0.2, 0) is 38.1 Å². The van der Waals surface area contributed by atoms with E-state index in [4.69, 9.17) is 37.9 Å². The molecule has 1 atom stereocenters. The van der Waals surface area contributed by atoms with Crippen molar-refractivity contribution in [1.29, 1.82) is 0 Å². The molecule has 0 radical (unpaired) electrons. The first-order chi connectivity index (χ1) is 36.5. The van der Waals surface area contributed by atoms with Crippen molar-refractivity contribution in [3.05, 3.63) is 49.3 Å². The molecule has 3 N–H and O–H groups in total. The summed E-state index contributed by atoms with van der Waals surface area (Å²) in [7, 11) is 6.13. The number of nitrogens with one attached hydrogen (secondary N) is 2. The highest BCUT2D eigenvalue weighted by atomic mass is 16.6. The fourth-order valence-corrected chi connectivity index (χ4v) is 12.1. The normalized spacial score (nSPS) is 20.1. The molecule has 0 aliphatic heterocycles. The lowest BCUT2D eigenvalue weighted by molar-refractivity contribution is -0.153. The minimum Gasteiger partial charge on any atom is -0.507 e. The third-order valence-electron chi connectivity index (χ3n) is 16.5. The summed E-state index contributed by atoms with van der Waals surface area (Å²) < 4.78 is 47.8. The number of ketones is 1. The number of phenolic OH excluding ortho intramolecular Hbond substituents is 1. The molecular weight excluding hydrogens is 985 g/mol.